The van der Waals surface area contributed by atoms with Gasteiger partial charge in [0, 0.05) is 60.5 Å². The van der Waals surface area contributed by atoms with Crippen LogP contribution in [0.1, 0.15) is 12.8 Å². The summed E-state index contributed by atoms with van der Waals surface area (Å²) < 4.78 is 7.53. The lowest BCUT2D eigenvalue weighted by Gasteiger charge is -2.36. The summed E-state index contributed by atoms with van der Waals surface area (Å²) in [4.78, 5) is 13.5. The van der Waals surface area contributed by atoms with Gasteiger partial charge in [-0.2, -0.15) is 0 Å². The van der Waals surface area contributed by atoms with Crippen LogP contribution < -0.4 is 0 Å². The summed E-state index contributed by atoms with van der Waals surface area (Å²) in [5.74, 6) is 1.45. The Bertz CT molecular complexity index is 887. The fourth-order valence-electron chi connectivity index (χ4n) is 3.42. The third-order valence-corrected chi connectivity index (χ3v) is 5.37. The summed E-state index contributed by atoms with van der Waals surface area (Å²) in [5, 5.41) is 10.6. The fourth-order valence-corrected chi connectivity index (χ4v) is 3.55. The molecule has 27 heavy (non-hydrogen) atoms. The Morgan fingerprint density at radius 1 is 1.04 bits per heavy atom. The van der Waals surface area contributed by atoms with Gasteiger partial charge >= 0.3 is 0 Å². The highest BCUT2D eigenvalue weighted by Crippen LogP contribution is 2.33. The van der Waals surface area contributed by atoms with Crippen LogP contribution in [0, 0.1) is 5.41 Å². The number of nitrogens with zero attached hydrogens (tertiary/aromatic N) is 4. The average Bonchev–Trinajstić information content (AvgIpc) is 3.17. The largest absolute Gasteiger partial charge is 0.396 e. The van der Waals surface area contributed by atoms with Crippen molar-refractivity contribution in [1.29, 1.82) is 0 Å². The van der Waals surface area contributed by atoms with Crippen LogP contribution >= 0.6 is 11.6 Å². The third-order valence-electron chi connectivity index (χ3n) is 5.12. The molecule has 0 radical (unpaired) electrons. The van der Waals surface area contributed by atoms with Crippen LogP contribution in [0.2, 0.25) is 5.02 Å². The van der Waals surface area contributed by atoms with Crippen LogP contribution in [0.5, 0.6) is 0 Å². The Balaban J connectivity index is 1.57. The first kappa shape index (κ1) is 18.1. The molecular formula is C20H21ClN4O2. The van der Waals surface area contributed by atoms with Gasteiger partial charge in [-0.3, -0.25) is 0 Å². The molecule has 0 atom stereocenters. The number of aromatic nitrogens is 4. The average molecular weight is 385 g/mol. The Hall–Kier alpha value is -2.28. The fraction of sp³-hybridized carbons (Fsp3) is 0.350. The highest BCUT2D eigenvalue weighted by molar-refractivity contribution is 6.30. The maximum Gasteiger partial charge on any atom is 0.159 e. The van der Waals surface area contributed by atoms with Crippen molar-refractivity contribution >= 4 is 11.6 Å². The molecule has 1 fully saturated rings. The molecule has 0 unspecified atom stereocenters. The van der Waals surface area contributed by atoms with E-state index < -0.39 is 0 Å². The highest BCUT2D eigenvalue weighted by Gasteiger charge is 2.33. The molecule has 1 N–H and O–H groups in total. The van der Waals surface area contributed by atoms with E-state index in [1.807, 2.05) is 30.5 Å². The molecule has 1 saturated heterocycles. The molecule has 0 bridgehead atoms. The van der Waals surface area contributed by atoms with Gasteiger partial charge in [-0.15, -0.1) is 0 Å². The minimum Gasteiger partial charge on any atom is -0.396 e. The third kappa shape index (κ3) is 3.88. The number of rotatable bonds is 5. The zero-order valence-corrected chi connectivity index (χ0v) is 15.6. The predicted octanol–water partition coefficient (Wildman–Crippen LogP) is 3.45. The second-order valence-corrected chi connectivity index (χ2v) is 7.39. The second-order valence-electron chi connectivity index (χ2n) is 6.95. The van der Waals surface area contributed by atoms with Gasteiger partial charge in [-0.1, -0.05) is 11.6 Å². The van der Waals surface area contributed by atoms with E-state index in [0.717, 1.165) is 29.8 Å². The van der Waals surface area contributed by atoms with Crippen LogP contribution in [-0.4, -0.2) is 44.4 Å². The quantitative estimate of drug-likeness (QED) is 0.729. The lowest BCUT2D eigenvalue weighted by Crippen LogP contribution is -2.37. The first-order valence-electron chi connectivity index (χ1n) is 8.97. The number of imidazole rings is 1. The maximum atomic E-state index is 9.96. The number of hydrogen-bond acceptors (Lipinski definition) is 5. The first-order valence-corrected chi connectivity index (χ1v) is 9.35. The van der Waals surface area contributed by atoms with E-state index in [0.29, 0.717) is 30.6 Å². The van der Waals surface area contributed by atoms with Crippen LogP contribution in [0.4, 0.5) is 0 Å². The molecule has 1 aromatic carbocycles. The van der Waals surface area contributed by atoms with Gasteiger partial charge in [0.15, 0.2) is 5.82 Å². The van der Waals surface area contributed by atoms with Crippen molar-refractivity contribution in [3.63, 3.8) is 0 Å². The van der Waals surface area contributed by atoms with E-state index in [9.17, 15) is 5.11 Å². The van der Waals surface area contributed by atoms with Gasteiger partial charge in [0.05, 0.1) is 12.2 Å². The van der Waals surface area contributed by atoms with E-state index in [-0.39, 0.29) is 12.0 Å². The van der Waals surface area contributed by atoms with Crippen LogP contribution in [0.15, 0.2) is 49.1 Å². The molecule has 3 heterocycles. The van der Waals surface area contributed by atoms with Gasteiger partial charge in [0.1, 0.15) is 5.82 Å². The number of ether oxygens (including phenoxy) is 1. The van der Waals surface area contributed by atoms with Crippen molar-refractivity contribution in [2.24, 2.45) is 5.41 Å². The molecule has 140 valence electrons. The molecule has 1 aliphatic rings. The summed E-state index contributed by atoms with van der Waals surface area (Å²) in [5.41, 5.74) is 1.59. The summed E-state index contributed by atoms with van der Waals surface area (Å²) in [6.45, 7) is 2.20. The van der Waals surface area contributed by atoms with Gasteiger partial charge in [0.2, 0.25) is 0 Å². The Morgan fingerprint density at radius 3 is 2.41 bits per heavy atom. The smallest absolute Gasteiger partial charge is 0.159 e. The summed E-state index contributed by atoms with van der Waals surface area (Å²) in [6, 6.07) is 7.44. The van der Waals surface area contributed by atoms with E-state index in [4.69, 9.17) is 16.3 Å². The number of aliphatic hydroxyl groups excluding tert-OH is 1. The Kier molecular flexibility index (Phi) is 5.20. The van der Waals surface area contributed by atoms with Crippen LogP contribution in [0.3, 0.4) is 0 Å². The van der Waals surface area contributed by atoms with Crippen LogP contribution in [0.25, 0.3) is 22.8 Å². The van der Waals surface area contributed by atoms with Gasteiger partial charge in [-0.25, -0.2) is 15.0 Å². The molecule has 6 nitrogen and oxygen atoms in total. The normalized spacial score (nSPS) is 16.4. The van der Waals surface area contributed by atoms with Crippen molar-refractivity contribution in [2.45, 2.75) is 19.4 Å². The standard InChI is InChI=1S/C20H21ClN4O2/c21-17-3-1-15(2-4-17)18-23-11-16(12-24-18)19-22-7-8-25(19)13-20(14-26)5-9-27-10-6-20/h1-4,7-8,11-12,26H,5-6,9-10,13-14H2. The lowest BCUT2D eigenvalue weighted by molar-refractivity contribution is -0.0250. The molecule has 2 aromatic heterocycles. The molecule has 7 heteroatoms. The monoisotopic (exact) mass is 384 g/mol. The predicted molar refractivity (Wildman–Crippen MR) is 103 cm³/mol. The molecule has 0 saturated carbocycles. The molecule has 0 aliphatic carbocycles. The zero-order valence-electron chi connectivity index (χ0n) is 14.9. The van der Waals surface area contributed by atoms with Gasteiger partial charge in [-0.05, 0) is 37.1 Å². The van der Waals surface area contributed by atoms with E-state index in [2.05, 4.69) is 19.5 Å². The van der Waals surface area contributed by atoms with Crippen molar-refractivity contribution in [3.8, 4) is 22.8 Å². The molecule has 0 spiro atoms. The highest BCUT2D eigenvalue weighted by atomic mass is 35.5. The number of hydrogen-bond donors (Lipinski definition) is 1. The lowest BCUT2D eigenvalue weighted by atomic mass is 9.81. The van der Waals surface area contributed by atoms with Gasteiger partial charge in [0.25, 0.3) is 0 Å². The SMILES string of the molecule is OCC1(Cn2ccnc2-c2cnc(-c3ccc(Cl)cc3)nc2)CCOCC1. The summed E-state index contributed by atoms with van der Waals surface area (Å²) in [7, 11) is 0. The van der Waals surface area contributed by atoms with Crippen molar-refractivity contribution in [3.05, 3.63) is 54.1 Å². The summed E-state index contributed by atoms with van der Waals surface area (Å²) in [6.07, 6.45) is 8.96. The number of aliphatic hydroxyl groups is 1. The molecule has 0 amide bonds. The number of halogens is 1. The van der Waals surface area contributed by atoms with Crippen molar-refractivity contribution in [1.82, 2.24) is 19.5 Å². The molecule has 4 rings (SSSR count). The topological polar surface area (TPSA) is 73.1 Å². The van der Waals surface area contributed by atoms with Crippen molar-refractivity contribution in [2.75, 3.05) is 19.8 Å². The minimum absolute atomic E-state index is 0.139. The van der Waals surface area contributed by atoms with Crippen molar-refractivity contribution < 1.29 is 9.84 Å². The van der Waals surface area contributed by atoms with E-state index in [1.54, 1.807) is 18.6 Å². The molecule has 1 aliphatic heterocycles. The Labute approximate surface area is 162 Å². The molecule has 3 aromatic rings. The van der Waals surface area contributed by atoms with E-state index >= 15 is 0 Å². The van der Waals surface area contributed by atoms with E-state index in [1.165, 1.54) is 0 Å². The van der Waals surface area contributed by atoms with Crippen LogP contribution in [-0.2, 0) is 11.3 Å². The maximum absolute atomic E-state index is 9.96. The van der Waals surface area contributed by atoms with Gasteiger partial charge < -0.3 is 14.4 Å². The Morgan fingerprint density at radius 2 is 1.74 bits per heavy atom. The minimum atomic E-state index is -0.169. The molecular weight excluding hydrogens is 364 g/mol. The summed E-state index contributed by atoms with van der Waals surface area (Å²) >= 11 is 5.94. The number of benzene rings is 1. The second kappa shape index (κ2) is 7.76. The zero-order chi connectivity index (χ0) is 18.7. The first-order chi connectivity index (χ1) is 13.2.